The van der Waals surface area contributed by atoms with E-state index in [9.17, 15) is 17.6 Å². The second-order valence-electron chi connectivity index (χ2n) is 5.50. The first-order valence-corrected chi connectivity index (χ1v) is 10.0. The highest BCUT2D eigenvalue weighted by Crippen LogP contribution is 2.16. The molecule has 2 N–H and O–H groups in total. The Morgan fingerprint density at radius 1 is 1.15 bits per heavy atom. The van der Waals surface area contributed by atoms with Crippen LogP contribution < -0.4 is 10.0 Å². The van der Waals surface area contributed by atoms with Crippen molar-refractivity contribution < 1.29 is 17.6 Å². The van der Waals surface area contributed by atoms with Gasteiger partial charge in [-0.3, -0.25) is 4.79 Å². The van der Waals surface area contributed by atoms with E-state index in [1.54, 1.807) is 24.3 Å². The molecule has 0 atom stereocenters. The molecule has 0 fully saturated rings. The lowest BCUT2D eigenvalue weighted by atomic mass is 10.2. The van der Waals surface area contributed by atoms with Crippen LogP contribution in [0.2, 0.25) is 0 Å². The summed E-state index contributed by atoms with van der Waals surface area (Å²) in [5, 5.41) is 2.53. The predicted octanol–water partition coefficient (Wildman–Crippen LogP) is 3.00. The molecule has 0 aliphatic rings. The normalized spacial score (nSPS) is 11.7. The van der Waals surface area contributed by atoms with Crippen molar-refractivity contribution in [2.24, 2.45) is 0 Å². The fraction of sp³-hybridized carbons (Fsp3) is 0.167. The monoisotopic (exact) mass is 440 g/mol. The number of hydrogen-bond donors (Lipinski definition) is 2. The highest BCUT2D eigenvalue weighted by Gasteiger charge is 2.12. The maximum atomic E-state index is 13.6. The van der Waals surface area contributed by atoms with Crippen LogP contribution in [0.5, 0.6) is 0 Å². The van der Waals surface area contributed by atoms with E-state index in [1.807, 2.05) is 6.92 Å². The molecule has 1 amide bonds. The second kappa shape index (κ2) is 9.07. The van der Waals surface area contributed by atoms with Crippen molar-refractivity contribution in [3.05, 3.63) is 70.0 Å². The van der Waals surface area contributed by atoms with Crippen LogP contribution >= 0.6 is 15.9 Å². The zero-order valence-electron chi connectivity index (χ0n) is 14.0. The topological polar surface area (TPSA) is 75.3 Å². The van der Waals surface area contributed by atoms with Crippen LogP contribution in [-0.4, -0.2) is 27.4 Å². The maximum absolute atomic E-state index is 13.6. The third-order valence-corrected chi connectivity index (χ3v) is 5.39. The molecular weight excluding hydrogens is 423 g/mol. The zero-order chi connectivity index (χ0) is 19.2. The van der Waals surface area contributed by atoms with Gasteiger partial charge in [0.2, 0.25) is 15.9 Å². The number of rotatable bonds is 7. The summed E-state index contributed by atoms with van der Waals surface area (Å²) in [5.41, 5.74) is 1.24. The van der Waals surface area contributed by atoms with Crippen molar-refractivity contribution in [3.63, 3.8) is 0 Å². The van der Waals surface area contributed by atoms with Gasteiger partial charge in [0.1, 0.15) is 5.82 Å². The number of carbonyl (C=O) groups is 1. The van der Waals surface area contributed by atoms with Gasteiger partial charge in [-0.1, -0.05) is 33.6 Å². The molecule has 0 aliphatic heterocycles. The Kier molecular flexibility index (Phi) is 7.07. The van der Waals surface area contributed by atoms with E-state index >= 15 is 0 Å². The highest BCUT2D eigenvalue weighted by atomic mass is 79.9. The molecule has 0 unspecified atom stereocenters. The van der Waals surface area contributed by atoms with Crippen LogP contribution in [0.4, 0.5) is 4.39 Å². The van der Waals surface area contributed by atoms with Crippen molar-refractivity contribution in [1.82, 2.24) is 10.0 Å². The SMILES string of the molecule is Cc1ccc(S(=O)(=O)NCCNC(=O)/C=C/c2cc(Br)ccc2F)cc1. The quantitative estimate of drug-likeness (QED) is 0.513. The molecular formula is C18H18BrFN2O3S. The molecule has 0 saturated carbocycles. The summed E-state index contributed by atoms with van der Waals surface area (Å²) >= 11 is 3.23. The van der Waals surface area contributed by atoms with Crippen LogP contribution in [0, 0.1) is 12.7 Å². The first-order chi connectivity index (χ1) is 12.3. The molecule has 0 aromatic heterocycles. The standard InChI is InChI=1S/C18H18BrFN2O3S/c1-13-2-6-16(7-3-13)26(24,25)22-11-10-21-18(23)9-4-14-12-15(19)5-8-17(14)20/h2-9,12,22H,10-11H2,1H3,(H,21,23)/b9-4+. The van der Waals surface area contributed by atoms with Crippen LogP contribution in [0.25, 0.3) is 6.08 Å². The Bertz CT molecular complexity index is 913. The Hall–Kier alpha value is -2.03. The summed E-state index contributed by atoms with van der Waals surface area (Å²) in [7, 11) is -3.61. The largest absolute Gasteiger partial charge is 0.351 e. The maximum Gasteiger partial charge on any atom is 0.244 e. The number of sulfonamides is 1. The molecule has 0 radical (unpaired) electrons. The summed E-state index contributed by atoms with van der Waals surface area (Å²) in [4.78, 5) is 11.9. The fourth-order valence-electron chi connectivity index (χ4n) is 2.04. The van der Waals surface area contributed by atoms with Crippen LogP contribution in [0.3, 0.4) is 0 Å². The molecule has 0 bridgehead atoms. The van der Waals surface area contributed by atoms with E-state index in [-0.39, 0.29) is 23.5 Å². The molecule has 2 rings (SSSR count). The smallest absolute Gasteiger partial charge is 0.244 e. The molecule has 26 heavy (non-hydrogen) atoms. The van der Waals surface area contributed by atoms with Gasteiger partial charge < -0.3 is 5.32 Å². The van der Waals surface area contributed by atoms with Gasteiger partial charge in [-0.15, -0.1) is 0 Å². The average molecular weight is 441 g/mol. The van der Waals surface area contributed by atoms with Crippen molar-refractivity contribution in [2.75, 3.05) is 13.1 Å². The third-order valence-electron chi connectivity index (χ3n) is 3.42. The lowest BCUT2D eigenvalue weighted by molar-refractivity contribution is -0.116. The van der Waals surface area contributed by atoms with E-state index in [0.29, 0.717) is 4.47 Å². The number of benzene rings is 2. The molecule has 2 aromatic carbocycles. The van der Waals surface area contributed by atoms with Gasteiger partial charge in [-0.25, -0.2) is 17.5 Å². The van der Waals surface area contributed by atoms with Gasteiger partial charge >= 0.3 is 0 Å². The number of hydrogen-bond acceptors (Lipinski definition) is 3. The molecule has 0 heterocycles. The summed E-state index contributed by atoms with van der Waals surface area (Å²) in [6, 6.07) is 10.9. The zero-order valence-corrected chi connectivity index (χ0v) is 16.4. The summed E-state index contributed by atoms with van der Waals surface area (Å²) in [6.07, 6.45) is 2.55. The molecule has 8 heteroatoms. The van der Waals surface area contributed by atoms with E-state index in [1.165, 1.54) is 30.4 Å². The first-order valence-electron chi connectivity index (χ1n) is 7.75. The molecule has 5 nitrogen and oxygen atoms in total. The van der Waals surface area contributed by atoms with Gasteiger partial charge in [0.05, 0.1) is 4.90 Å². The first kappa shape index (κ1) is 20.3. The Labute approximate surface area is 160 Å². The van der Waals surface area contributed by atoms with Crippen molar-refractivity contribution >= 4 is 37.9 Å². The molecule has 0 saturated heterocycles. The van der Waals surface area contributed by atoms with E-state index in [0.717, 1.165) is 5.56 Å². The summed E-state index contributed by atoms with van der Waals surface area (Å²) in [6.45, 7) is 2.02. The summed E-state index contributed by atoms with van der Waals surface area (Å²) in [5.74, 6) is -0.887. The van der Waals surface area contributed by atoms with Gasteiger partial charge in [0.15, 0.2) is 0 Å². The number of amides is 1. The number of halogens is 2. The van der Waals surface area contributed by atoms with Crippen molar-refractivity contribution in [3.8, 4) is 0 Å². The fourth-order valence-corrected chi connectivity index (χ4v) is 3.45. The van der Waals surface area contributed by atoms with Crippen LogP contribution in [-0.2, 0) is 14.8 Å². The van der Waals surface area contributed by atoms with Gasteiger partial charge in [-0.2, -0.15) is 0 Å². The number of carbonyl (C=O) groups excluding carboxylic acids is 1. The van der Waals surface area contributed by atoms with Gasteiger partial charge in [-0.05, 0) is 43.3 Å². The molecule has 0 aliphatic carbocycles. The Morgan fingerprint density at radius 2 is 1.85 bits per heavy atom. The Morgan fingerprint density at radius 3 is 2.54 bits per heavy atom. The number of aryl methyl sites for hydroxylation is 1. The minimum Gasteiger partial charge on any atom is -0.351 e. The van der Waals surface area contributed by atoms with Crippen LogP contribution in [0.15, 0.2) is 57.9 Å². The number of nitrogens with one attached hydrogen (secondary N) is 2. The second-order valence-corrected chi connectivity index (χ2v) is 8.18. The van der Waals surface area contributed by atoms with E-state index in [2.05, 4.69) is 26.0 Å². The van der Waals surface area contributed by atoms with Gasteiger partial charge in [0.25, 0.3) is 0 Å². The summed E-state index contributed by atoms with van der Waals surface area (Å²) < 4.78 is 40.8. The highest BCUT2D eigenvalue weighted by molar-refractivity contribution is 9.10. The molecule has 138 valence electrons. The minimum absolute atomic E-state index is 0.0427. The van der Waals surface area contributed by atoms with E-state index < -0.39 is 21.7 Å². The predicted molar refractivity (Wildman–Crippen MR) is 103 cm³/mol. The van der Waals surface area contributed by atoms with E-state index in [4.69, 9.17) is 0 Å². The molecule has 0 spiro atoms. The third kappa shape index (κ3) is 6.05. The molecule has 2 aromatic rings. The van der Waals surface area contributed by atoms with Crippen molar-refractivity contribution in [2.45, 2.75) is 11.8 Å². The lowest BCUT2D eigenvalue weighted by Gasteiger charge is -2.07. The average Bonchev–Trinajstić information content (AvgIpc) is 2.60. The lowest BCUT2D eigenvalue weighted by Crippen LogP contribution is -2.34. The van der Waals surface area contributed by atoms with Crippen LogP contribution in [0.1, 0.15) is 11.1 Å². The van der Waals surface area contributed by atoms with Crippen molar-refractivity contribution in [1.29, 1.82) is 0 Å². The Balaban J connectivity index is 1.82. The minimum atomic E-state index is -3.61. The van der Waals surface area contributed by atoms with Gasteiger partial charge in [0, 0.05) is 29.2 Å².